The number of aliphatic hydroxyl groups is 1. The van der Waals surface area contributed by atoms with E-state index in [1.54, 1.807) is 0 Å². The van der Waals surface area contributed by atoms with E-state index in [-0.39, 0.29) is 0 Å². The molecule has 27 heavy (non-hydrogen) atoms. The topological polar surface area (TPSA) is 32.7 Å². The van der Waals surface area contributed by atoms with Crippen LogP contribution in [0.25, 0.3) is 0 Å². The van der Waals surface area contributed by atoms with Gasteiger partial charge in [-0.2, -0.15) is 0 Å². The standard InChI is InChI=1S/C22H27Br2NO2/c1-22(26,12-15-25-13-4-2-3-5-14-25)17-6-9-19(10-7-17)27-21-11-8-18(23)16-20(21)24/h6-11,16,26H,2-5,12-15H2,1H3. The van der Waals surface area contributed by atoms with Crippen LogP contribution >= 0.6 is 31.9 Å². The SMILES string of the molecule is CC(O)(CCN1CCCCCC1)c1ccc(Oc2ccc(Br)cc2Br)cc1. The third-order valence-corrected chi connectivity index (χ3v) is 6.32. The molecule has 146 valence electrons. The van der Waals surface area contributed by atoms with E-state index in [1.165, 1.54) is 25.7 Å². The Kier molecular flexibility index (Phi) is 7.37. The van der Waals surface area contributed by atoms with Crippen LogP contribution in [0.15, 0.2) is 51.4 Å². The highest BCUT2D eigenvalue weighted by Crippen LogP contribution is 2.33. The van der Waals surface area contributed by atoms with Crippen LogP contribution in [0.3, 0.4) is 0 Å². The smallest absolute Gasteiger partial charge is 0.141 e. The second-order valence-electron chi connectivity index (χ2n) is 7.48. The second-order valence-corrected chi connectivity index (χ2v) is 9.25. The number of rotatable bonds is 6. The summed E-state index contributed by atoms with van der Waals surface area (Å²) >= 11 is 6.96. The Morgan fingerprint density at radius 2 is 1.67 bits per heavy atom. The van der Waals surface area contributed by atoms with Crippen LogP contribution < -0.4 is 4.74 Å². The summed E-state index contributed by atoms with van der Waals surface area (Å²) in [7, 11) is 0. The minimum Gasteiger partial charge on any atom is -0.456 e. The summed E-state index contributed by atoms with van der Waals surface area (Å²) in [5.41, 5.74) is 0.0998. The van der Waals surface area contributed by atoms with Crippen LogP contribution in [-0.4, -0.2) is 29.6 Å². The molecular formula is C22H27Br2NO2. The third-order valence-electron chi connectivity index (χ3n) is 5.21. The summed E-state index contributed by atoms with van der Waals surface area (Å²) in [5, 5.41) is 11.0. The molecule has 1 fully saturated rings. The lowest BCUT2D eigenvalue weighted by Gasteiger charge is -2.28. The number of likely N-dealkylation sites (tertiary alicyclic amines) is 1. The molecular weight excluding hydrogens is 470 g/mol. The monoisotopic (exact) mass is 495 g/mol. The lowest BCUT2D eigenvalue weighted by Crippen LogP contribution is -2.32. The Bertz CT molecular complexity index is 738. The largest absolute Gasteiger partial charge is 0.456 e. The van der Waals surface area contributed by atoms with Gasteiger partial charge in [0.1, 0.15) is 11.5 Å². The fourth-order valence-corrected chi connectivity index (χ4v) is 4.57. The number of benzene rings is 2. The van der Waals surface area contributed by atoms with Gasteiger partial charge in [0.05, 0.1) is 10.1 Å². The predicted molar refractivity (Wildman–Crippen MR) is 117 cm³/mol. The van der Waals surface area contributed by atoms with Gasteiger partial charge in [0, 0.05) is 11.0 Å². The molecule has 5 heteroatoms. The van der Waals surface area contributed by atoms with Gasteiger partial charge in [0.15, 0.2) is 0 Å². The molecule has 0 spiro atoms. The van der Waals surface area contributed by atoms with Crippen molar-refractivity contribution in [1.82, 2.24) is 4.90 Å². The first-order chi connectivity index (χ1) is 12.9. The van der Waals surface area contributed by atoms with Crippen LogP contribution in [0.1, 0.15) is 44.6 Å². The van der Waals surface area contributed by atoms with Gasteiger partial charge < -0.3 is 14.7 Å². The molecule has 1 aliphatic heterocycles. The number of halogens is 2. The first kappa shape index (κ1) is 20.8. The van der Waals surface area contributed by atoms with Crippen LogP contribution in [0, 0.1) is 0 Å². The maximum absolute atomic E-state index is 11.0. The van der Waals surface area contributed by atoms with E-state index >= 15 is 0 Å². The highest BCUT2D eigenvalue weighted by Gasteiger charge is 2.24. The van der Waals surface area contributed by atoms with Gasteiger partial charge in [-0.15, -0.1) is 0 Å². The average molecular weight is 497 g/mol. The number of nitrogens with zero attached hydrogens (tertiary/aromatic N) is 1. The van der Waals surface area contributed by atoms with E-state index < -0.39 is 5.60 Å². The molecule has 2 aromatic rings. The van der Waals surface area contributed by atoms with Crippen molar-refractivity contribution in [3.05, 3.63) is 57.0 Å². The van der Waals surface area contributed by atoms with Crippen LogP contribution in [0.5, 0.6) is 11.5 Å². The molecule has 0 bridgehead atoms. The summed E-state index contributed by atoms with van der Waals surface area (Å²) in [5.74, 6) is 1.52. The molecule has 0 saturated carbocycles. The zero-order valence-electron chi connectivity index (χ0n) is 15.8. The van der Waals surface area contributed by atoms with Crippen LogP contribution in [-0.2, 0) is 5.60 Å². The van der Waals surface area contributed by atoms with Gasteiger partial charge in [-0.1, -0.05) is 40.9 Å². The highest BCUT2D eigenvalue weighted by molar-refractivity contribution is 9.11. The van der Waals surface area contributed by atoms with Crippen molar-refractivity contribution in [2.24, 2.45) is 0 Å². The Balaban J connectivity index is 1.61. The molecule has 1 atom stereocenters. The van der Waals surface area contributed by atoms with E-state index in [1.807, 2.05) is 49.4 Å². The average Bonchev–Trinajstić information content (AvgIpc) is 2.92. The summed E-state index contributed by atoms with van der Waals surface area (Å²) in [4.78, 5) is 2.49. The molecule has 1 heterocycles. The molecule has 3 nitrogen and oxygen atoms in total. The zero-order chi connectivity index (χ0) is 19.3. The van der Waals surface area contributed by atoms with Crippen molar-refractivity contribution in [3.63, 3.8) is 0 Å². The molecule has 1 N–H and O–H groups in total. The normalized spacial score (nSPS) is 17.9. The van der Waals surface area contributed by atoms with Crippen molar-refractivity contribution >= 4 is 31.9 Å². The van der Waals surface area contributed by atoms with Gasteiger partial charge in [-0.3, -0.25) is 0 Å². The van der Waals surface area contributed by atoms with Crippen molar-refractivity contribution in [2.45, 2.75) is 44.6 Å². The predicted octanol–water partition coefficient (Wildman–Crippen LogP) is 6.48. The minimum atomic E-state index is -0.830. The summed E-state index contributed by atoms with van der Waals surface area (Å²) < 4.78 is 7.83. The summed E-state index contributed by atoms with van der Waals surface area (Å²) in [6.45, 7) is 5.17. The maximum Gasteiger partial charge on any atom is 0.141 e. The molecule has 1 saturated heterocycles. The van der Waals surface area contributed by atoms with Gasteiger partial charge in [0.25, 0.3) is 0 Å². The van der Waals surface area contributed by atoms with E-state index in [0.717, 1.165) is 52.1 Å². The van der Waals surface area contributed by atoms with Crippen LogP contribution in [0.2, 0.25) is 0 Å². The quantitative estimate of drug-likeness (QED) is 0.496. The molecule has 0 amide bonds. The molecule has 0 aliphatic carbocycles. The summed E-state index contributed by atoms with van der Waals surface area (Å²) in [6.07, 6.45) is 5.97. The summed E-state index contributed by atoms with van der Waals surface area (Å²) in [6, 6.07) is 13.6. The first-order valence-electron chi connectivity index (χ1n) is 9.62. The molecule has 1 unspecified atom stereocenters. The molecule has 2 aromatic carbocycles. The molecule has 3 rings (SSSR count). The number of hydrogen-bond donors (Lipinski definition) is 1. The van der Waals surface area contributed by atoms with E-state index in [0.29, 0.717) is 0 Å². The molecule has 0 aromatic heterocycles. The lowest BCUT2D eigenvalue weighted by molar-refractivity contribution is 0.0362. The van der Waals surface area contributed by atoms with Gasteiger partial charge in [-0.05, 0) is 91.1 Å². The fourth-order valence-electron chi connectivity index (χ4n) is 3.45. The first-order valence-corrected chi connectivity index (χ1v) is 11.2. The van der Waals surface area contributed by atoms with Gasteiger partial charge in [-0.25, -0.2) is 0 Å². The molecule has 1 aliphatic rings. The maximum atomic E-state index is 11.0. The van der Waals surface area contributed by atoms with E-state index in [2.05, 4.69) is 36.8 Å². The fraction of sp³-hybridized carbons (Fsp3) is 0.455. The highest BCUT2D eigenvalue weighted by atomic mass is 79.9. The second kappa shape index (κ2) is 9.55. The Morgan fingerprint density at radius 3 is 2.30 bits per heavy atom. The minimum absolute atomic E-state index is 0.742. The van der Waals surface area contributed by atoms with Crippen molar-refractivity contribution in [2.75, 3.05) is 19.6 Å². The van der Waals surface area contributed by atoms with Crippen LogP contribution in [0.4, 0.5) is 0 Å². The van der Waals surface area contributed by atoms with Gasteiger partial charge >= 0.3 is 0 Å². The van der Waals surface area contributed by atoms with Gasteiger partial charge in [0.2, 0.25) is 0 Å². The Hall–Kier alpha value is -0.880. The molecule has 0 radical (unpaired) electrons. The van der Waals surface area contributed by atoms with Crippen molar-refractivity contribution in [1.29, 1.82) is 0 Å². The van der Waals surface area contributed by atoms with Crippen molar-refractivity contribution < 1.29 is 9.84 Å². The lowest BCUT2D eigenvalue weighted by atomic mass is 9.92. The Labute approximate surface area is 179 Å². The zero-order valence-corrected chi connectivity index (χ0v) is 18.9. The van der Waals surface area contributed by atoms with E-state index in [4.69, 9.17) is 4.74 Å². The van der Waals surface area contributed by atoms with E-state index in [9.17, 15) is 5.11 Å². The third kappa shape index (κ3) is 6.05. The number of ether oxygens (including phenoxy) is 1. The number of hydrogen-bond acceptors (Lipinski definition) is 3. The Morgan fingerprint density at radius 1 is 1.00 bits per heavy atom. The van der Waals surface area contributed by atoms with Crippen molar-refractivity contribution in [3.8, 4) is 11.5 Å².